The number of hydrogen-bond acceptors (Lipinski definition) is 4. The summed E-state index contributed by atoms with van der Waals surface area (Å²) < 4.78 is 9.22. The largest absolute Gasteiger partial charge is 0.435 e. The Morgan fingerprint density at radius 1 is 1.18 bits per heavy atom. The van der Waals surface area contributed by atoms with Gasteiger partial charge in [0.1, 0.15) is 0 Å². The first kappa shape index (κ1) is 15.2. The van der Waals surface area contributed by atoms with Crippen LogP contribution in [0.1, 0.15) is 32.6 Å². The van der Waals surface area contributed by atoms with Crippen molar-refractivity contribution < 1.29 is 19.1 Å². The van der Waals surface area contributed by atoms with Gasteiger partial charge in [-0.3, -0.25) is 4.79 Å². The van der Waals surface area contributed by atoms with Crippen LogP contribution in [-0.2, 0) is 19.1 Å². The summed E-state index contributed by atoms with van der Waals surface area (Å²) in [4.78, 5) is 22.6. The summed E-state index contributed by atoms with van der Waals surface area (Å²) in [5, 5.41) is 0. The molecule has 4 heteroatoms. The summed E-state index contributed by atoms with van der Waals surface area (Å²) in [6.07, 6.45) is 6.06. The Bertz CT molecular complexity index is 315. The third-order valence-corrected chi connectivity index (χ3v) is 1.98. The van der Waals surface area contributed by atoms with E-state index in [1.165, 1.54) is 6.08 Å². The van der Waals surface area contributed by atoms with E-state index < -0.39 is 11.9 Å². The molecule has 0 N–H and O–H groups in total. The second-order valence-corrected chi connectivity index (χ2v) is 3.27. The lowest BCUT2D eigenvalue weighted by molar-refractivity contribution is -0.136. The van der Waals surface area contributed by atoms with Crippen molar-refractivity contribution in [3.8, 4) is 0 Å². The minimum atomic E-state index is -0.472. The maximum absolute atomic E-state index is 11.5. The van der Waals surface area contributed by atoms with Gasteiger partial charge in [0, 0.05) is 5.57 Å². The molecule has 94 valence electrons. The summed E-state index contributed by atoms with van der Waals surface area (Å²) in [5.74, 6) is -0.930. The molecule has 0 fully saturated rings. The van der Waals surface area contributed by atoms with E-state index in [1.54, 1.807) is 0 Å². The van der Waals surface area contributed by atoms with Crippen LogP contribution in [0.25, 0.3) is 0 Å². The Labute approximate surface area is 102 Å². The van der Waals surface area contributed by atoms with E-state index >= 15 is 0 Å². The van der Waals surface area contributed by atoms with Crippen LogP contribution < -0.4 is 0 Å². The molecule has 0 rings (SSSR count). The van der Waals surface area contributed by atoms with Crippen molar-refractivity contribution in [3.05, 3.63) is 37.3 Å². The number of carbonyl (C=O) groups is 2. The van der Waals surface area contributed by atoms with Crippen LogP contribution in [0.4, 0.5) is 0 Å². The van der Waals surface area contributed by atoms with Gasteiger partial charge in [0.05, 0.1) is 18.9 Å². The third-order valence-electron chi connectivity index (χ3n) is 1.98. The van der Waals surface area contributed by atoms with Gasteiger partial charge in [-0.05, 0) is 12.8 Å². The maximum atomic E-state index is 11.5. The first-order valence-corrected chi connectivity index (χ1v) is 5.47. The van der Waals surface area contributed by atoms with E-state index in [0.29, 0.717) is 12.0 Å². The summed E-state index contributed by atoms with van der Waals surface area (Å²) in [6, 6.07) is 0. The Morgan fingerprint density at radius 3 is 2.35 bits per heavy atom. The molecule has 0 aromatic heterocycles. The van der Waals surface area contributed by atoms with Crippen molar-refractivity contribution in [2.24, 2.45) is 0 Å². The van der Waals surface area contributed by atoms with Crippen molar-refractivity contribution >= 4 is 11.9 Å². The lowest BCUT2D eigenvalue weighted by Crippen LogP contribution is -2.06. The molecule has 0 bridgehead atoms. The van der Waals surface area contributed by atoms with Gasteiger partial charge in [0.15, 0.2) is 0 Å². The zero-order chi connectivity index (χ0) is 13.1. The second kappa shape index (κ2) is 9.39. The van der Waals surface area contributed by atoms with Gasteiger partial charge < -0.3 is 9.47 Å². The fourth-order valence-corrected chi connectivity index (χ4v) is 1.15. The van der Waals surface area contributed by atoms with E-state index in [0.717, 1.165) is 25.4 Å². The predicted octanol–water partition coefficient (Wildman–Crippen LogP) is 2.87. The SMILES string of the molecule is C=COC(=O)CC=C(CCCC)C(=O)OC=C. The summed E-state index contributed by atoms with van der Waals surface area (Å²) in [5.41, 5.74) is 0.466. The predicted molar refractivity (Wildman–Crippen MR) is 64.8 cm³/mol. The summed E-state index contributed by atoms with van der Waals surface area (Å²) >= 11 is 0. The molecule has 0 atom stereocenters. The van der Waals surface area contributed by atoms with Crippen molar-refractivity contribution in [1.29, 1.82) is 0 Å². The van der Waals surface area contributed by atoms with E-state index in [4.69, 9.17) is 0 Å². The van der Waals surface area contributed by atoms with Crippen molar-refractivity contribution in [2.45, 2.75) is 32.6 Å². The van der Waals surface area contributed by atoms with Gasteiger partial charge in [-0.1, -0.05) is 32.6 Å². The van der Waals surface area contributed by atoms with Crippen LogP contribution in [0.3, 0.4) is 0 Å². The van der Waals surface area contributed by atoms with Crippen molar-refractivity contribution in [3.63, 3.8) is 0 Å². The minimum absolute atomic E-state index is 0.0251. The highest BCUT2D eigenvalue weighted by Crippen LogP contribution is 2.11. The molecule has 0 aliphatic rings. The van der Waals surface area contributed by atoms with E-state index in [9.17, 15) is 9.59 Å². The highest BCUT2D eigenvalue weighted by molar-refractivity contribution is 5.89. The monoisotopic (exact) mass is 238 g/mol. The number of carbonyl (C=O) groups excluding carboxylic acids is 2. The molecule has 0 spiro atoms. The fraction of sp³-hybridized carbons (Fsp3) is 0.385. The first-order chi connectivity index (χ1) is 8.15. The molecule has 0 aliphatic carbocycles. The molecule has 0 aromatic rings. The molecule has 4 nitrogen and oxygen atoms in total. The smallest absolute Gasteiger partial charge is 0.338 e. The fourth-order valence-electron chi connectivity index (χ4n) is 1.15. The van der Waals surface area contributed by atoms with E-state index in [2.05, 4.69) is 22.6 Å². The van der Waals surface area contributed by atoms with Crippen LogP contribution in [0, 0.1) is 0 Å². The van der Waals surface area contributed by atoms with Gasteiger partial charge in [0.2, 0.25) is 0 Å². The molecule has 17 heavy (non-hydrogen) atoms. The molecule has 0 aliphatic heterocycles. The molecular formula is C13H18O4. The number of hydrogen-bond donors (Lipinski definition) is 0. The Morgan fingerprint density at radius 2 is 1.82 bits per heavy atom. The van der Waals surface area contributed by atoms with Crippen LogP contribution in [0.5, 0.6) is 0 Å². The third kappa shape index (κ3) is 7.11. The van der Waals surface area contributed by atoms with Crippen LogP contribution in [-0.4, -0.2) is 11.9 Å². The quantitative estimate of drug-likeness (QED) is 0.370. The van der Waals surface area contributed by atoms with Gasteiger partial charge in [0.25, 0.3) is 0 Å². The highest BCUT2D eigenvalue weighted by Gasteiger charge is 2.10. The minimum Gasteiger partial charge on any atom is -0.435 e. The molecule has 0 saturated heterocycles. The van der Waals surface area contributed by atoms with Crippen molar-refractivity contribution in [1.82, 2.24) is 0 Å². The molecule has 0 unspecified atom stereocenters. The molecule has 0 radical (unpaired) electrons. The standard InChI is InChI=1S/C13H18O4/c1-4-7-8-11(13(15)17-6-3)9-10-12(14)16-5-2/h5-6,9H,2-4,7-8,10H2,1H3. The average molecular weight is 238 g/mol. The zero-order valence-corrected chi connectivity index (χ0v) is 10.1. The first-order valence-electron chi connectivity index (χ1n) is 5.47. The van der Waals surface area contributed by atoms with Gasteiger partial charge >= 0.3 is 11.9 Å². The average Bonchev–Trinajstić information content (AvgIpc) is 2.29. The van der Waals surface area contributed by atoms with Crippen molar-refractivity contribution in [2.75, 3.05) is 0 Å². The van der Waals surface area contributed by atoms with Gasteiger partial charge in [-0.2, -0.15) is 0 Å². The molecule has 0 heterocycles. The Hall–Kier alpha value is -1.84. The maximum Gasteiger partial charge on any atom is 0.338 e. The lowest BCUT2D eigenvalue weighted by atomic mass is 10.1. The Kier molecular flexibility index (Phi) is 8.37. The number of esters is 2. The number of unbranched alkanes of at least 4 members (excludes halogenated alkanes) is 1. The van der Waals surface area contributed by atoms with Crippen LogP contribution in [0.15, 0.2) is 37.3 Å². The van der Waals surface area contributed by atoms with Gasteiger partial charge in [-0.25, -0.2) is 4.79 Å². The van der Waals surface area contributed by atoms with Crippen LogP contribution in [0.2, 0.25) is 0 Å². The van der Waals surface area contributed by atoms with E-state index in [1.807, 2.05) is 6.92 Å². The van der Waals surface area contributed by atoms with Gasteiger partial charge in [-0.15, -0.1) is 0 Å². The topological polar surface area (TPSA) is 52.6 Å². The summed E-state index contributed by atoms with van der Waals surface area (Å²) in [7, 11) is 0. The molecular weight excluding hydrogens is 220 g/mol. The number of ether oxygens (including phenoxy) is 2. The molecule has 0 aromatic carbocycles. The van der Waals surface area contributed by atoms with E-state index in [-0.39, 0.29) is 6.42 Å². The zero-order valence-electron chi connectivity index (χ0n) is 10.1. The lowest BCUT2D eigenvalue weighted by Gasteiger charge is -2.04. The molecule has 0 amide bonds. The Balaban J connectivity index is 4.48. The normalized spacial score (nSPS) is 10.5. The van der Waals surface area contributed by atoms with Crippen LogP contribution >= 0.6 is 0 Å². The summed E-state index contributed by atoms with van der Waals surface area (Å²) in [6.45, 7) is 8.60. The second-order valence-electron chi connectivity index (χ2n) is 3.27. The molecule has 0 saturated carbocycles. The number of rotatable bonds is 8. The highest BCUT2D eigenvalue weighted by atomic mass is 16.5.